The fourth-order valence-corrected chi connectivity index (χ4v) is 3.62. The largest absolute Gasteiger partial charge is 0.454 e. The van der Waals surface area contributed by atoms with Crippen LogP contribution in [0.15, 0.2) is 54.7 Å². The number of ether oxygens (including phenoxy) is 2. The predicted octanol–water partition coefficient (Wildman–Crippen LogP) is 2.57. The molecule has 3 amide bonds. The maximum Gasteiger partial charge on any atom is 0.256 e. The van der Waals surface area contributed by atoms with Gasteiger partial charge in [-0.1, -0.05) is 12.1 Å². The highest BCUT2D eigenvalue weighted by Gasteiger charge is 2.30. The molecule has 1 saturated heterocycles. The normalized spacial score (nSPS) is 14.9. The van der Waals surface area contributed by atoms with Crippen molar-refractivity contribution in [2.45, 2.75) is 19.4 Å². The van der Waals surface area contributed by atoms with Crippen molar-refractivity contribution in [1.82, 2.24) is 9.78 Å². The van der Waals surface area contributed by atoms with Gasteiger partial charge in [-0.3, -0.25) is 19.3 Å². The van der Waals surface area contributed by atoms with E-state index < -0.39 is 0 Å². The van der Waals surface area contributed by atoms with Gasteiger partial charge in [0.15, 0.2) is 11.5 Å². The molecular formula is C22H18N4O5. The lowest BCUT2D eigenvalue weighted by atomic mass is 10.1. The number of anilines is 2. The molecular weight excluding hydrogens is 400 g/mol. The van der Waals surface area contributed by atoms with Gasteiger partial charge in [-0.25, -0.2) is 4.68 Å². The zero-order valence-corrected chi connectivity index (χ0v) is 16.4. The summed E-state index contributed by atoms with van der Waals surface area (Å²) in [4.78, 5) is 37.9. The lowest BCUT2D eigenvalue weighted by Gasteiger charge is -2.15. The van der Waals surface area contributed by atoms with Gasteiger partial charge in [-0.15, -0.1) is 0 Å². The average Bonchev–Trinajstić information content (AvgIpc) is 3.49. The van der Waals surface area contributed by atoms with Crippen LogP contribution in [0, 0.1) is 0 Å². The Kier molecular flexibility index (Phi) is 4.62. The molecule has 3 heterocycles. The van der Waals surface area contributed by atoms with Gasteiger partial charge in [0.2, 0.25) is 18.6 Å². The number of rotatable bonds is 5. The van der Waals surface area contributed by atoms with Gasteiger partial charge in [-0.05, 0) is 35.9 Å². The fraction of sp³-hybridized carbons (Fsp3) is 0.182. The number of aromatic nitrogens is 2. The second kappa shape index (κ2) is 7.60. The summed E-state index contributed by atoms with van der Waals surface area (Å²) in [5.41, 5.74) is 1.67. The quantitative estimate of drug-likeness (QED) is 0.639. The molecule has 0 spiro atoms. The van der Waals surface area contributed by atoms with Crippen LogP contribution in [-0.4, -0.2) is 34.3 Å². The first-order valence-corrected chi connectivity index (χ1v) is 9.76. The third kappa shape index (κ3) is 3.61. The van der Waals surface area contributed by atoms with E-state index in [0.717, 1.165) is 10.5 Å². The Hall–Kier alpha value is -4.14. The van der Waals surface area contributed by atoms with Crippen molar-refractivity contribution in [3.05, 3.63) is 65.9 Å². The van der Waals surface area contributed by atoms with Crippen LogP contribution in [0.1, 0.15) is 28.8 Å². The molecule has 0 atom stereocenters. The molecule has 31 heavy (non-hydrogen) atoms. The van der Waals surface area contributed by atoms with Gasteiger partial charge in [0.05, 0.1) is 18.4 Å². The highest BCUT2D eigenvalue weighted by Crippen LogP contribution is 2.33. The van der Waals surface area contributed by atoms with Crippen molar-refractivity contribution in [3.63, 3.8) is 0 Å². The minimum absolute atomic E-state index is 0.189. The Labute approximate surface area is 177 Å². The van der Waals surface area contributed by atoms with Crippen LogP contribution in [0.3, 0.4) is 0 Å². The Balaban J connectivity index is 1.33. The summed E-state index contributed by atoms with van der Waals surface area (Å²) in [7, 11) is 0. The molecule has 2 aliphatic heterocycles. The molecule has 3 aromatic rings. The van der Waals surface area contributed by atoms with E-state index in [0.29, 0.717) is 35.1 Å². The number of nitrogens with one attached hydrogen (secondary N) is 1. The molecule has 0 bridgehead atoms. The van der Waals surface area contributed by atoms with Gasteiger partial charge in [0, 0.05) is 24.5 Å². The smallest absolute Gasteiger partial charge is 0.256 e. The van der Waals surface area contributed by atoms with E-state index in [1.54, 1.807) is 35.1 Å². The van der Waals surface area contributed by atoms with Gasteiger partial charge in [0.25, 0.3) is 5.91 Å². The van der Waals surface area contributed by atoms with Crippen LogP contribution in [0.2, 0.25) is 0 Å². The number of nitrogens with zero attached hydrogens (tertiary/aromatic N) is 3. The number of carbonyl (C=O) groups excluding carboxylic acids is 3. The van der Waals surface area contributed by atoms with Crippen LogP contribution < -0.4 is 19.7 Å². The number of amides is 3. The second-order valence-corrected chi connectivity index (χ2v) is 7.19. The molecule has 156 valence electrons. The number of carbonyl (C=O) groups is 3. The zero-order valence-electron chi connectivity index (χ0n) is 16.4. The Morgan fingerprint density at radius 2 is 1.81 bits per heavy atom. The summed E-state index contributed by atoms with van der Waals surface area (Å²) < 4.78 is 12.4. The highest BCUT2D eigenvalue weighted by atomic mass is 16.7. The second-order valence-electron chi connectivity index (χ2n) is 7.19. The molecule has 0 radical (unpaired) electrons. The summed E-state index contributed by atoms with van der Waals surface area (Å²) in [6.45, 7) is 0.631. The highest BCUT2D eigenvalue weighted by molar-refractivity contribution is 6.20. The minimum Gasteiger partial charge on any atom is -0.454 e. The van der Waals surface area contributed by atoms with Crippen LogP contribution in [0.25, 0.3) is 0 Å². The van der Waals surface area contributed by atoms with Crippen molar-refractivity contribution in [2.75, 3.05) is 17.0 Å². The van der Waals surface area contributed by atoms with Crippen molar-refractivity contribution in [2.24, 2.45) is 0 Å². The first-order valence-electron chi connectivity index (χ1n) is 9.76. The molecule has 1 aromatic heterocycles. The van der Waals surface area contributed by atoms with E-state index in [1.165, 1.54) is 6.07 Å². The third-order valence-corrected chi connectivity index (χ3v) is 5.15. The first-order chi connectivity index (χ1) is 15.1. The summed E-state index contributed by atoms with van der Waals surface area (Å²) in [6.07, 6.45) is 1.98. The Morgan fingerprint density at radius 1 is 1.00 bits per heavy atom. The molecule has 9 nitrogen and oxygen atoms in total. The molecule has 1 N–H and O–H groups in total. The van der Waals surface area contributed by atoms with E-state index in [2.05, 4.69) is 10.4 Å². The molecule has 5 rings (SSSR count). The summed E-state index contributed by atoms with van der Waals surface area (Å²) in [5.74, 6) is 1.01. The number of benzene rings is 2. The number of fused-ring (bicyclic) bond motifs is 1. The summed E-state index contributed by atoms with van der Waals surface area (Å²) >= 11 is 0. The number of imide groups is 1. The van der Waals surface area contributed by atoms with Crippen molar-refractivity contribution in [1.29, 1.82) is 0 Å². The SMILES string of the molecule is O=C(Nc1ccnn1Cc1ccc2c(c1)OCO2)c1cccc(N2C(=O)CCC2=O)c1. The van der Waals surface area contributed by atoms with Crippen LogP contribution in [0.4, 0.5) is 11.5 Å². The van der Waals surface area contributed by atoms with Crippen molar-refractivity contribution >= 4 is 29.2 Å². The molecule has 9 heteroatoms. The monoisotopic (exact) mass is 418 g/mol. The molecule has 2 aromatic carbocycles. The maximum absolute atomic E-state index is 12.8. The third-order valence-electron chi connectivity index (χ3n) is 5.15. The number of hydrogen-bond donors (Lipinski definition) is 1. The van der Waals surface area contributed by atoms with Crippen molar-refractivity contribution in [3.8, 4) is 11.5 Å². The maximum atomic E-state index is 12.8. The Bertz CT molecular complexity index is 1190. The van der Waals surface area contributed by atoms with E-state index in [-0.39, 0.29) is 37.4 Å². The Morgan fingerprint density at radius 3 is 2.65 bits per heavy atom. The van der Waals surface area contributed by atoms with Crippen LogP contribution in [0.5, 0.6) is 11.5 Å². The molecule has 0 saturated carbocycles. The zero-order chi connectivity index (χ0) is 21.4. The van der Waals surface area contributed by atoms with E-state index in [1.807, 2.05) is 18.2 Å². The molecule has 1 fully saturated rings. The predicted molar refractivity (Wildman–Crippen MR) is 110 cm³/mol. The van der Waals surface area contributed by atoms with Gasteiger partial charge in [0.1, 0.15) is 5.82 Å². The van der Waals surface area contributed by atoms with E-state index >= 15 is 0 Å². The lowest BCUT2D eigenvalue weighted by molar-refractivity contribution is -0.121. The van der Waals surface area contributed by atoms with Gasteiger partial charge in [-0.2, -0.15) is 5.10 Å². The van der Waals surface area contributed by atoms with Gasteiger partial charge < -0.3 is 14.8 Å². The minimum atomic E-state index is -0.367. The van der Waals surface area contributed by atoms with E-state index in [4.69, 9.17) is 9.47 Å². The van der Waals surface area contributed by atoms with Crippen molar-refractivity contribution < 1.29 is 23.9 Å². The summed E-state index contributed by atoms with van der Waals surface area (Å²) in [5, 5.41) is 7.12. The topological polar surface area (TPSA) is 103 Å². The van der Waals surface area contributed by atoms with Crippen LogP contribution >= 0.6 is 0 Å². The average molecular weight is 418 g/mol. The standard InChI is InChI=1S/C22H18N4O5/c27-20-6-7-21(28)26(20)16-3-1-2-15(11-16)22(29)24-19-8-9-23-25(19)12-14-4-5-17-18(10-14)31-13-30-17/h1-5,8-11H,6-7,12-13H2,(H,24,29). The lowest BCUT2D eigenvalue weighted by Crippen LogP contribution is -2.28. The molecule has 0 unspecified atom stereocenters. The number of hydrogen-bond acceptors (Lipinski definition) is 6. The van der Waals surface area contributed by atoms with E-state index in [9.17, 15) is 14.4 Å². The summed E-state index contributed by atoms with van der Waals surface area (Å²) in [6, 6.07) is 13.8. The van der Waals surface area contributed by atoms with Crippen LogP contribution in [-0.2, 0) is 16.1 Å². The fourth-order valence-electron chi connectivity index (χ4n) is 3.62. The molecule has 0 aliphatic carbocycles. The molecule has 2 aliphatic rings. The first kappa shape index (κ1) is 18.9. The van der Waals surface area contributed by atoms with Gasteiger partial charge >= 0.3 is 0 Å².